The highest BCUT2D eigenvalue weighted by molar-refractivity contribution is 5.29. The zero-order valence-electron chi connectivity index (χ0n) is 12.1. The molecule has 0 radical (unpaired) electrons. The lowest BCUT2D eigenvalue weighted by Gasteiger charge is -2.22. The Morgan fingerprint density at radius 1 is 1.00 bits per heavy atom. The zero-order chi connectivity index (χ0) is 14.2. The van der Waals surface area contributed by atoms with E-state index in [1.54, 1.807) is 12.3 Å². The lowest BCUT2D eigenvalue weighted by Crippen LogP contribution is -2.24. The second-order valence-electron chi connectivity index (χ2n) is 6.35. The molecule has 2 saturated carbocycles. The molecule has 2 fully saturated rings. The molecule has 4 rings (SSSR count). The van der Waals surface area contributed by atoms with Crippen LogP contribution in [0.15, 0.2) is 47.4 Å². The number of aromatic nitrogens is 2. The molecule has 3 heteroatoms. The van der Waals surface area contributed by atoms with Crippen LogP contribution in [0.2, 0.25) is 0 Å². The van der Waals surface area contributed by atoms with Gasteiger partial charge in [0.05, 0.1) is 0 Å². The van der Waals surface area contributed by atoms with Gasteiger partial charge < -0.3 is 0 Å². The first-order chi connectivity index (χ1) is 10.3. The van der Waals surface area contributed by atoms with Gasteiger partial charge in [0.1, 0.15) is 5.82 Å². The predicted octanol–water partition coefficient (Wildman–Crippen LogP) is 3.53. The molecule has 21 heavy (non-hydrogen) atoms. The molecule has 2 aliphatic carbocycles. The van der Waals surface area contributed by atoms with Crippen molar-refractivity contribution < 1.29 is 0 Å². The van der Waals surface area contributed by atoms with E-state index in [0.717, 1.165) is 23.3 Å². The first kappa shape index (κ1) is 12.8. The van der Waals surface area contributed by atoms with Crippen LogP contribution in [0.25, 0.3) is 5.82 Å². The van der Waals surface area contributed by atoms with Gasteiger partial charge >= 0.3 is 0 Å². The van der Waals surface area contributed by atoms with Crippen molar-refractivity contribution in [2.45, 2.75) is 38.0 Å². The molecule has 0 bridgehead atoms. The van der Waals surface area contributed by atoms with Crippen molar-refractivity contribution in [3.05, 3.63) is 58.6 Å². The number of hydrogen-bond acceptors (Lipinski definition) is 2. The van der Waals surface area contributed by atoms with Crippen LogP contribution in [0, 0.1) is 11.8 Å². The molecular formula is C18H20N2O. The third-order valence-electron chi connectivity index (χ3n) is 5.33. The van der Waals surface area contributed by atoms with Gasteiger partial charge in [0.15, 0.2) is 0 Å². The standard InChI is InChI=1S/C18H20N2O/c21-18-9-4-7-16(20(18)17-8-1-2-12-19-17)15-11-10-13-5-3-6-14(13)15/h1-2,4,7-9,12-15H,3,5-6,10-11H2/t13-,14-,15?/m1/s1. The Kier molecular flexibility index (Phi) is 3.13. The third kappa shape index (κ3) is 2.11. The van der Waals surface area contributed by atoms with Crippen molar-refractivity contribution >= 4 is 0 Å². The largest absolute Gasteiger partial charge is 0.269 e. The Hall–Kier alpha value is -1.90. The maximum Gasteiger partial charge on any atom is 0.256 e. The molecule has 2 aromatic heterocycles. The van der Waals surface area contributed by atoms with Gasteiger partial charge in [0.25, 0.3) is 5.56 Å². The van der Waals surface area contributed by atoms with Gasteiger partial charge in [-0.15, -0.1) is 0 Å². The van der Waals surface area contributed by atoms with E-state index in [1.807, 2.05) is 28.8 Å². The number of fused-ring (bicyclic) bond motifs is 1. The first-order valence-corrected chi connectivity index (χ1v) is 7.98. The number of nitrogens with zero attached hydrogens (tertiary/aromatic N) is 2. The summed E-state index contributed by atoms with van der Waals surface area (Å²) in [6.45, 7) is 0. The smallest absolute Gasteiger partial charge is 0.256 e. The van der Waals surface area contributed by atoms with Crippen LogP contribution < -0.4 is 5.56 Å². The molecule has 2 heterocycles. The molecule has 0 aromatic carbocycles. The van der Waals surface area contributed by atoms with Crippen molar-refractivity contribution in [3.63, 3.8) is 0 Å². The highest BCUT2D eigenvalue weighted by Gasteiger charge is 2.40. The van der Waals surface area contributed by atoms with E-state index in [0.29, 0.717) is 5.92 Å². The highest BCUT2D eigenvalue weighted by Crippen LogP contribution is 2.51. The van der Waals surface area contributed by atoms with Crippen LogP contribution in [0.3, 0.4) is 0 Å². The summed E-state index contributed by atoms with van der Waals surface area (Å²) in [7, 11) is 0. The summed E-state index contributed by atoms with van der Waals surface area (Å²) < 4.78 is 1.82. The lowest BCUT2D eigenvalue weighted by molar-refractivity contribution is 0.413. The SMILES string of the molecule is O=c1cccc(C2CC[C@H]3CCC[C@@H]23)n1-c1ccccn1. The van der Waals surface area contributed by atoms with E-state index in [4.69, 9.17) is 0 Å². The van der Waals surface area contributed by atoms with Crippen LogP contribution >= 0.6 is 0 Å². The highest BCUT2D eigenvalue weighted by atomic mass is 16.1. The van der Waals surface area contributed by atoms with E-state index in [-0.39, 0.29) is 5.56 Å². The number of pyridine rings is 2. The van der Waals surface area contributed by atoms with Gasteiger partial charge in [-0.2, -0.15) is 0 Å². The maximum atomic E-state index is 12.4. The molecule has 2 aromatic rings. The molecule has 0 spiro atoms. The quantitative estimate of drug-likeness (QED) is 0.843. The maximum absolute atomic E-state index is 12.4. The Labute approximate surface area is 124 Å². The summed E-state index contributed by atoms with van der Waals surface area (Å²) in [5.74, 6) is 2.91. The minimum atomic E-state index is 0.0349. The Morgan fingerprint density at radius 3 is 2.81 bits per heavy atom. The molecule has 0 amide bonds. The average molecular weight is 280 g/mol. The molecular weight excluding hydrogens is 260 g/mol. The molecule has 108 valence electrons. The Morgan fingerprint density at radius 2 is 1.95 bits per heavy atom. The normalized spacial score (nSPS) is 27.7. The Balaban J connectivity index is 1.83. The van der Waals surface area contributed by atoms with E-state index < -0.39 is 0 Å². The van der Waals surface area contributed by atoms with Gasteiger partial charge in [0, 0.05) is 23.9 Å². The van der Waals surface area contributed by atoms with Gasteiger partial charge in [-0.25, -0.2) is 4.98 Å². The predicted molar refractivity (Wildman–Crippen MR) is 82.6 cm³/mol. The summed E-state index contributed by atoms with van der Waals surface area (Å²) in [4.78, 5) is 16.8. The van der Waals surface area contributed by atoms with E-state index in [9.17, 15) is 4.79 Å². The van der Waals surface area contributed by atoms with Crippen molar-refractivity contribution in [3.8, 4) is 5.82 Å². The lowest BCUT2D eigenvalue weighted by atomic mass is 9.89. The third-order valence-corrected chi connectivity index (χ3v) is 5.33. The topological polar surface area (TPSA) is 34.9 Å². The first-order valence-electron chi connectivity index (χ1n) is 7.98. The van der Waals surface area contributed by atoms with Gasteiger partial charge in [-0.05, 0) is 49.3 Å². The molecule has 0 aliphatic heterocycles. The summed E-state index contributed by atoms with van der Waals surface area (Å²) >= 11 is 0. The van der Waals surface area contributed by atoms with Crippen molar-refractivity contribution in [1.82, 2.24) is 9.55 Å². The molecule has 3 nitrogen and oxygen atoms in total. The van der Waals surface area contributed by atoms with Crippen molar-refractivity contribution in [1.29, 1.82) is 0 Å². The molecule has 0 N–H and O–H groups in total. The second-order valence-corrected chi connectivity index (χ2v) is 6.35. The summed E-state index contributed by atoms with van der Waals surface area (Å²) in [5.41, 5.74) is 1.20. The average Bonchev–Trinajstić information content (AvgIpc) is 3.11. The minimum Gasteiger partial charge on any atom is -0.269 e. The second kappa shape index (κ2) is 5.14. The van der Waals surface area contributed by atoms with E-state index >= 15 is 0 Å². The molecule has 1 unspecified atom stereocenters. The van der Waals surface area contributed by atoms with Crippen molar-refractivity contribution in [2.75, 3.05) is 0 Å². The summed E-state index contributed by atoms with van der Waals surface area (Å²) in [6.07, 6.45) is 8.34. The van der Waals surface area contributed by atoms with Gasteiger partial charge in [-0.1, -0.05) is 25.0 Å². The summed E-state index contributed by atoms with van der Waals surface area (Å²) in [6, 6.07) is 11.4. The Bertz CT molecular complexity index is 692. The van der Waals surface area contributed by atoms with Crippen molar-refractivity contribution in [2.24, 2.45) is 11.8 Å². The van der Waals surface area contributed by atoms with Crippen LogP contribution in [-0.2, 0) is 0 Å². The van der Waals surface area contributed by atoms with Gasteiger partial charge in [-0.3, -0.25) is 9.36 Å². The number of hydrogen-bond donors (Lipinski definition) is 0. The van der Waals surface area contributed by atoms with Crippen LogP contribution in [0.1, 0.15) is 43.7 Å². The van der Waals surface area contributed by atoms with Crippen LogP contribution in [0.5, 0.6) is 0 Å². The monoisotopic (exact) mass is 280 g/mol. The fraction of sp³-hybridized carbons (Fsp3) is 0.444. The molecule has 0 saturated heterocycles. The van der Waals surface area contributed by atoms with E-state index in [2.05, 4.69) is 11.1 Å². The van der Waals surface area contributed by atoms with Crippen LogP contribution in [-0.4, -0.2) is 9.55 Å². The fourth-order valence-corrected chi connectivity index (χ4v) is 4.45. The minimum absolute atomic E-state index is 0.0349. The zero-order valence-corrected chi connectivity index (χ0v) is 12.1. The fourth-order valence-electron chi connectivity index (χ4n) is 4.45. The van der Waals surface area contributed by atoms with Gasteiger partial charge in [0.2, 0.25) is 0 Å². The van der Waals surface area contributed by atoms with E-state index in [1.165, 1.54) is 32.1 Å². The molecule has 2 aliphatic rings. The summed E-state index contributed by atoms with van der Waals surface area (Å²) in [5, 5.41) is 0. The molecule has 3 atom stereocenters. The van der Waals surface area contributed by atoms with Crippen LogP contribution in [0.4, 0.5) is 0 Å². The number of rotatable bonds is 2.